The fraction of sp³-hybridized carbons (Fsp3) is 0.0870. The normalized spacial score (nSPS) is 11.0. The minimum Gasteiger partial charge on any atom is -0.295 e. The number of rotatable bonds is 7. The number of hydrogen-bond acceptors (Lipinski definition) is 5. The predicted octanol–water partition coefficient (Wildman–Crippen LogP) is 3.10. The van der Waals surface area contributed by atoms with Gasteiger partial charge in [0.2, 0.25) is 10.0 Å². The second-order valence-electron chi connectivity index (χ2n) is 6.99. The molecule has 0 radical (unpaired) electrons. The third kappa shape index (κ3) is 6.26. The van der Waals surface area contributed by atoms with Crippen LogP contribution in [0.1, 0.15) is 43.6 Å². The molecule has 0 aliphatic carbocycles. The molecule has 0 heterocycles. The van der Waals surface area contributed by atoms with Crippen LogP contribution in [-0.2, 0) is 16.6 Å². The Morgan fingerprint density at radius 1 is 0.788 bits per heavy atom. The largest absolute Gasteiger partial charge is 0.295 e. The molecule has 170 valence electrons. The molecule has 33 heavy (non-hydrogen) atoms. The Hall–Kier alpha value is -3.53. The van der Waals surface area contributed by atoms with Crippen molar-refractivity contribution in [2.45, 2.75) is 18.4 Å². The van der Waals surface area contributed by atoms with Gasteiger partial charge in [-0.2, -0.15) is 0 Å². The van der Waals surface area contributed by atoms with Gasteiger partial charge in [-0.3, -0.25) is 25.2 Å². The van der Waals surface area contributed by atoms with Crippen LogP contribution in [-0.4, -0.2) is 26.0 Å². The molecule has 0 atom stereocenters. The first-order valence-corrected chi connectivity index (χ1v) is 11.6. The highest BCUT2D eigenvalue weighted by Gasteiger charge is 2.15. The molecule has 10 heteroatoms. The first-order chi connectivity index (χ1) is 15.7. The van der Waals surface area contributed by atoms with Crippen molar-refractivity contribution in [1.29, 1.82) is 0 Å². The van der Waals surface area contributed by atoms with Gasteiger partial charge in [0.25, 0.3) is 11.8 Å². The monoisotopic (exact) mass is 485 g/mol. The van der Waals surface area contributed by atoms with E-state index in [2.05, 4.69) is 15.6 Å². The molecule has 0 unspecified atom stereocenters. The van der Waals surface area contributed by atoms with Crippen molar-refractivity contribution in [2.75, 3.05) is 0 Å². The molecule has 3 rings (SSSR count). The van der Waals surface area contributed by atoms with Crippen molar-refractivity contribution >= 4 is 39.2 Å². The Labute approximate surface area is 196 Å². The first kappa shape index (κ1) is 24.1. The SMILES string of the molecule is CC(=O)c1ccc(S(=O)(=O)NCc2ccc(C(=O)NNC(=O)c3ccccc3Cl)cc2)cc1. The van der Waals surface area contributed by atoms with Crippen molar-refractivity contribution in [3.8, 4) is 0 Å². The topological polar surface area (TPSA) is 121 Å². The van der Waals surface area contributed by atoms with Gasteiger partial charge < -0.3 is 0 Å². The van der Waals surface area contributed by atoms with Crippen LogP contribution >= 0.6 is 11.6 Å². The van der Waals surface area contributed by atoms with Gasteiger partial charge >= 0.3 is 0 Å². The van der Waals surface area contributed by atoms with Crippen molar-refractivity contribution in [3.05, 3.63) is 100 Å². The highest BCUT2D eigenvalue weighted by Crippen LogP contribution is 2.14. The summed E-state index contributed by atoms with van der Waals surface area (Å²) in [5.41, 5.74) is 6.12. The van der Waals surface area contributed by atoms with Crippen LogP contribution in [0.4, 0.5) is 0 Å². The number of benzene rings is 3. The molecule has 0 saturated carbocycles. The molecule has 2 amide bonds. The van der Waals surface area contributed by atoms with Crippen molar-refractivity contribution in [1.82, 2.24) is 15.6 Å². The fourth-order valence-corrected chi connectivity index (χ4v) is 4.04. The van der Waals surface area contributed by atoms with Gasteiger partial charge in [0.1, 0.15) is 0 Å². The minimum absolute atomic E-state index is 0.00192. The molecule has 3 aromatic rings. The Kier molecular flexibility index (Phi) is 7.59. The van der Waals surface area contributed by atoms with Crippen LogP contribution in [0, 0.1) is 0 Å². The fourth-order valence-electron chi connectivity index (χ4n) is 2.80. The predicted molar refractivity (Wildman–Crippen MR) is 123 cm³/mol. The summed E-state index contributed by atoms with van der Waals surface area (Å²) in [5.74, 6) is -1.26. The molecule has 3 aromatic carbocycles. The van der Waals surface area contributed by atoms with E-state index >= 15 is 0 Å². The van der Waals surface area contributed by atoms with E-state index in [9.17, 15) is 22.8 Å². The van der Waals surface area contributed by atoms with Gasteiger partial charge in [0.05, 0.1) is 15.5 Å². The molecular formula is C23H20ClN3O5S. The summed E-state index contributed by atoms with van der Waals surface area (Å²) in [4.78, 5) is 35.7. The average Bonchev–Trinajstić information content (AvgIpc) is 2.81. The molecule has 8 nitrogen and oxygen atoms in total. The molecule has 0 fully saturated rings. The van der Waals surface area contributed by atoms with Crippen LogP contribution in [0.2, 0.25) is 5.02 Å². The summed E-state index contributed by atoms with van der Waals surface area (Å²) < 4.78 is 27.4. The van der Waals surface area contributed by atoms with Crippen LogP contribution in [0.25, 0.3) is 0 Å². The van der Waals surface area contributed by atoms with Crippen molar-refractivity contribution in [2.24, 2.45) is 0 Å². The maximum atomic E-state index is 12.4. The van der Waals surface area contributed by atoms with Crippen LogP contribution in [0.15, 0.2) is 77.7 Å². The van der Waals surface area contributed by atoms with E-state index in [-0.39, 0.29) is 33.4 Å². The zero-order valence-electron chi connectivity index (χ0n) is 17.5. The second-order valence-corrected chi connectivity index (χ2v) is 9.16. The summed E-state index contributed by atoms with van der Waals surface area (Å²) in [7, 11) is -3.77. The number of carbonyl (C=O) groups is 3. The summed E-state index contributed by atoms with van der Waals surface area (Å²) in [6.45, 7) is 1.40. The van der Waals surface area contributed by atoms with Gasteiger partial charge in [-0.15, -0.1) is 0 Å². The number of hydrogen-bond donors (Lipinski definition) is 3. The van der Waals surface area contributed by atoms with E-state index in [1.165, 1.54) is 49.4 Å². The van der Waals surface area contributed by atoms with Gasteiger partial charge in [-0.25, -0.2) is 13.1 Å². The Bertz CT molecular complexity index is 1290. The maximum absolute atomic E-state index is 12.4. The van der Waals surface area contributed by atoms with E-state index in [1.807, 2.05) is 0 Å². The van der Waals surface area contributed by atoms with E-state index in [1.54, 1.807) is 30.3 Å². The Morgan fingerprint density at radius 2 is 1.36 bits per heavy atom. The highest BCUT2D eigenvalue weighted by atomic mass is 35.5. The standard InChI is InChI=1S/C23H20ClN3O5S/c1-15(28)17-10-12-19(13-11-17)33(31,32)25-14-16-6-8-18(9-7-16)22(29)26-27-23(30)20-4-2-3-5-21(20)24/h2-13,25H,14H2,1H3,(H,26,29)(H,27,30). The van der Waals surface area contributed by atoms with E-state index < -0.39 is 21.8 Å². The third-order valence-corrected chi connectivity index (χ3v) is 6.41. The maximum Gasteiger partial charge on any atom is 0.271 e. The molecule has 0 aromatic heterocycles. The van der Waals surface area contributed by atoms with E-state index in [4.69, 9.17) is 11.6 Å². The lowest BCUT2D eigenvalue weighted by Gasteiger charge is -2.10. The Morgan fingerprint density at radius 3 is 1.97 bits per heavy atom. The quantitative estimate of drug-likeness (QED) is 0.350. The summed E-state index contributed by atoms with van der Waals surface area (Å²) in [6.07, 6.45) is 0. The third-order valence-electron chi connectivity index (χ3n) is 4.66. The number of hydrazine groups is 1. The van der Waals surface area contributed by atoms with Gasteiger partial charge in [0, 0.05) is 17.7 Å². The Balaban J connectivity index is 1.56. The molecular weight excluding hydrogens is 466 g/mol. The van der Waals surface area contributed by atoms with Crippen LogP contribution in [0.5, 0.6) is 0 Å². The number of ketones is 1. The van der Waals surface area contributed by atoms with Crippen molar-refractivity contribution < 1.29 is 22.8 Å². The zero-order chi connectivity index (χ0) is 24.0. The lowest BCUT2D eigenvalue weighted by Crippen LogP contribution is -2.41. The molecule has 3 N–H and O–H groups in total. The van der Waals surface area contributed by atoms with Gasteiger partial charge in [-0.05, 0) is 48.9 Å². The summed E-state index contributed by atoms with van der Waals surface area (Å²) in [6, 6.07) is 18.2. The summed E-state index contributed by atoms with van der Waals surface area (Å²) >= 11 is 5.95. The van der Waals surface area contributed by atoms with E-state index in [0.29, 0.717) is 11.1 Å². The second kappa shape index (κ2) is 10.4. The van der Waals surface area contributed by atoms with Crippen molar-refractivity contribution in [3.63, 3.8) is 0 Å². The zero-order valence-corrected chi connectivity index (χ0v) is 19.0. The highest BCUT2D eigenvalue weighted by molar-refractivity contribution is 7.89. The lowest BCUT2D eigenvalue weighted by molar-refractivity contribution is 0.0846. The smallest absolute Gasteiger partial charge is 0.271 e. The number of nitrogens with one attached hydrogen (secondary N) is 3. The molecule has 0 aliphatic heterocycles. The minimum atomic E-state index is -3.77. The number of Topliss-reactive ketones (excluding diaryl/α,β-unsaturated/α-hetero) is 1. The summed E-state index contributed by atoms with van der Waals surface area (Å²) in [5, 5.41) is 0.255. The number of halogens is 1. The first-order valence-electron chi connectivity index (χ1n) is 9.72. The van der Waals surface area contributed by atoms with Gasteiger partial charge in [-0.1, -0.05) is 48.0 Å². The molecule has 0 aliphatic rings. The number of sulfonamides is 1. The van der Waals surface area contributed by atoms with Crippen LogP contribution in [0.3, 0.4) is 0 Å². The van der Waals surface area contributed by atoms with Crippen LogP contribution < -0.4 is 15.6 Å². The van der Waals surface area contributed by atoms with Gasteiger partial charge in [0.15, 0.2) is 5.78 Å². The molecule has 0 bridgehead atoms. The molecule has 0 saturated heterocycles. The lowest BCUT2D eigenvalue weighted by atomic mass is 10.1. The number of carbonyl (C=O) groups excluding carboxylic acids is 3. The average molecular weight is 486 g/mol. The number of amides is 2. The molecule has 0 spiro atoms. The van der Waals surface area contributed by atoms with E-state index in [0.717, 1.165) is 0 Å².